The molecular weight excluding hydrogens is 463 g/mol. The van der Waals surface area contributed by atoms with E-state index in [1.807, 2.05) is 6.07 Å². The first kappa shape index (κ1) is 17.9. The number of carboxylic acid groups (broad SMARTS) is 1. The van der Waals surface area contributed by atoms with Crippen molar-refractivity contribution in [1.29, 1.82) is 0 Å². The molecule has 1 aromatic carbocycles. The maximum absolute atomic E-state index is 11.1. The fourth-order valence-electron chi connectivity index (χ4n) is 3.13. The summed E-state index contributed by atoms with van der Waals surface area (Å²) in [5, 5.41) is 14.4. The second kappa shape index (κ2) is 6.88. The van der Waals surface area contributed by atoms with Gasteiger partial charge in [0, 0.05) is 21.0 Å². The standard InChI is InChI=1S/C17H11BrCl2N2O3S/c18-14-7-10-13(26-14)3-1-2-9-15(10)22(21-16(9)25-17(23)24)12-5-4-8(19)6-11(12)20/h4-7H,1-3H2,(H,23,24). The molecule has 1 N–H and O–H groups in total. The Labute approximate surface area is 171 Å². The molecule has 26 heavy (non-hydrogen) atoms. The van der Waals surface area contributed by atoms with Crippen molar-refractivity contribution in [3.63, 3.8) is 0 Å². The number of benzene rings is 1. The van der Waals surface area contributed by atoms with E-state index in [0.29, 0.717) is 22.2 Å². The number of hydrogen-bond acceptors (Lipinski definition) is 4. The first-order valence-electron chi connectivity index (χ1n) is 7.70. The van der Waals surface area contributed by atoms with Gasteiger partial charge in [0.1, 0.15) is 0 Å². The summed E-state index contributed by atoms with van der Waals surface area (Å²) in [5.41, 5.74) is 3.19. The average Bonchev–Trinajstić information content (AvgIpc) is 3.02. The quantitative estimate of drug-likeness (QED) is 0.449. The first-order chi connectivity index (χ1) is 12.4. The normalized spacial score (nSPS) is 13.0. The summed E-state index contributed by atoms with van der Waals surface area (Å²) in [5.74, 6) is 0.0914. The zero-order chi connectivity index (χ0) is 18.4. The van der Waals surface area contributed by atoms with Crippen molar-refractivity contribution < 1.29 is 14.6 Å². The molecule has 0 aliphatic heterocycles. The molecule has 2 aromatic heterocycles. The maximum Gasteiger partial charge on any atom is 0.512 e. The SMILES string of the molecule is O=C(O)Oc1nn(-c2ccc(Cl)cc2Cl)c2c1CCCc1sc(Br)cc1-2. The monoisotopic (exact) mass is 472 g/mol. The summed E-state index contributed by atoms with van der Waals surface area (Å²) in [6, 6.07) is 7.13. The van der Waals surface area contributed by atoms with Crippen molar-refractivity contribution in [2.24, 2.45) is 0 Å². The summed E-state index contributed by atoms with van der Waals surface area (Å²) in [7, 11) is 0. The molecule has 0 saturated heterocycles. The van der Waals surface area contributed by atoms with Crippen LogP contribution < -0.4 is 4.74 Å². The van der Waals surface area contributed by atoms with E-state index in [1.54, 1.807) is 34.2 Å². The Bertz CT molecular complexity index is 1030. The summed E-state index contributed by atoms with van der Waals surface area (Å²) >= 11 is 17.6. The van der Waals surface area contributed by atoms with Gasteiger partial charge >= 0.3 is 6.16 Å². The van der Waals surface area contributed by atoms with E-state index in [0.717, 1.165) is 33.4 Å². The minimum Gasteiger partial charge on any atom is -0.449 e. The molecule has 0 amide bonds. The van der Waals surface area contributed by atoms with Crippen molar-refractivity contribution in [2.45, 2.75) is 19.3 Å². The molecule has 0 spiro atoms. The van der Waals surface area contributed by atoms with Crippen LogP contribution in [0.5, 0.6) is 5.88 Å². The van der Waals surface area contributed by atoms with Crippen LogP contribution in [0, 0.1) is 0 Å². The van der Waals surface area contributed by atoms with Crippen LogP contribution in [0.1, 0.15) is 16.9 Å². The van der Waals surface area contributed by atoms with Gasteiger partial charge in [0.15, 0.2) is 0 Å². The molecular formula is C17H11BrCl2N2O3S. The molecule has 9 heteroatoms. The Kier molecular flexibility index (Phi) is 4.73. The number of nitrogens with zero attached hydrogens (tertiary/aromatic N) is 2. The molecule has 3 aromatic rings. The third-order valence-electron chi connectivity index (χ3n) is 4.13. The van der Waals surface area contributed by atoms with Crippen molar-refractivity contribution in [3.05, 3.63) is 48.5 Å². The molecule has 0 atom stereocenters. The highest BCUT2D eigenvalue weighted by molar-refractivity contribution is 9.11. The van der Waals surface area contributed by atoms with Gasteiger partial charge in [0.05, 0.1) is 20.2 Å². The number of carbonyl (C=O) groups is 1. The van der Waals surface area contributed by atoms with E-state index < -0.39 is 6.16 Å². The number of halogens is 3. The van der Waals surface area contributed by atoms with E-state index >= 15 is 0 Å². The number of aromatic nitrogens is 2. The van der Waals surface area contributed by atoms with E-state index in [2.05, 4.69) is 21.0 Å². The molecule has 0 radical (unpaired) electrons. The smallest absolute Gasteiger partial charge is 0.449 e. The lowest BCUT2D eigenvalue weighted by Crippen LogP contribution is -2.06. The van der Waals surface area contributed by atoms with E-state index in [-0.39, 0.29) is 5.88 Å². The zero-order valence-electron chi connectivity index (χ0n) is 13.1. The van der Waals surface area contributed by atoms with Crippen LogP contribution >= 0.6 is 50.5 Å². The van der Waals surface area contributed by atoms with Crippen LogP contribution in [0.4, 0.5) is 4.79 Å². The van der Waals surface area contributed by atoms with Gasteiger partial charge < -0.3 is 9.84 Å². The van der Waals surface area contributed by atoms with Crippen LogP contribution in [0.25, 0.3) is 16.9 Å². The van der Waals surface area contributed by atoms with E-state index in [4.69, 9.17) is 33.0 Å². The van der Waals surface area contributed by atoms with Gasteiger partial charge in [-0.25, -0.2) is 9.48 Å². The molecule has 1 aliphatic rings. The van der Waals surface area contributed by atoms with Crippen molar-refractivity contribution in [2.75, 3.05) is 0 Å². The Morgan fingerprint density at radius 2 is 2.12 bits per heavy atom. The molecule has 2 heterocycles. The highest BCUT2D eigenvalue weighted by Crippen LogP contribution is 2.44. The molecule has 4 rings (SSSR count). The van der Waals surface area contributed by atoms with Crippen molar-refractivity contribution >= 4 is 56.6 Å². The number of aryl methyl sites for hydroxylation is 1. The molecule has 0 bridgehead atoms. The number of ether oxygens (including phenoxy) is 1. The summed E-state index contributed by atoms with van der Waals surface area (Å²) in [4.78, 5) is 12.3. The van der Waals surface area contributed by atoms with Gasteiger partial charge in [-0.3, -0.25) is 0 Å². The summed E-state index contributed by atoms with van der Waals surface area (Å²) < 4.78 is 7.62. The van der Waals surface area contributed by atoms with Crippen LogP contribution in [0.15, 0.2) is 28.1 Å². The fourth-order valence-corrected chi connectivity index (χ4v) is 5.36. The maximum atomic E-state index is 11.1. The number of thiophene rings is 1. The van der Waals surface area contributed by atoms with Gasteiger partial charge in [-0.2, -0.15) is 0 Å². The Morgan fingerprint density at radius 3 is 2.85 bits per heavy atom. The lowest BCUT2D eigenvalue weighted by molar-refractivity contribution is 0.142. The predicted molar refractivity (Wildman–Crippen MR) is 105 cm³/mol. The second-order valence-corrected chi connectivity index (χ2v) is 9.11. The number of hydrogen-bond donors (Lipinski definition) is 1. The predicted octanol–water partition coefficient (Wildman–Crippen LogP) is 6.22. The van der Waals surface area contributed by atoms with Crippen LogP contribution in [0.2, 0.25) is 10.0 Å². The molecule has 0 fully saturated rings. The Hall–Kier alpha value is -1.54. The lowest BCUT2D eigenvalue weighted by Gasteiger charge is -2.10. The van der Waals surface area contributed by atoms with E-state index in [1.165, 1.54) is 4.88 Å². The molecule has 134 valence electrons. The average molecular weight is 474 g/mol. The zero-order valence-corrected chi connectivity index (χ0v) is 17.0. The lowest BCUT2D eigenvalue weighted by atomic mass is 10.1. The molecule has 0 unspecified atom stereocenters. The fraction of sp³-hybridized carbons (Fsp3) is 0.176. The summed E-state index contributed by atoms with van der Waals surface area (Å²) in [6.45, 7) is 0. The van der Waals surface area contributed by atoms with Gasteiger partial charge in [-0.15, -0.1) is 16.4 Å². The molecule has 1 aliphatic carbocycles. The highest BCUT2D eigenvalue weighted by Gasteiger charge is 2.28. The van der Waals surface area contributed by atoms with Gasteiger partial charge in [0.2, 0.25) is 5.88 Å². The largest absolute Gasteiger partial charge is 0.512 e. The Balaban J connectivity index is 2.01. The van der Waals surface area contributed by atoms with Crippen molar-refractivity contribution in [3.8, 4) is 22.8 Å². The first-order valence-corrected chi connectivity index (χ1v) is 10.1. The second-order valence-electron chi connectivity index (χ2n) is 5.75. The summed E-state index contributed by atoms with van der Waals surface area (Å²) in [6.07, 6.45) is 1.06. The van der Waals surface area contributed by atoms with Gasteiger partial charge in [0.25, 0.3) is 0 Å². The minimum absolute atomic E-state index is 0.0914. The third-order valence-corrected chi connectivity index (χ3v) is 6.37. The van der Waals surface area contributed by atoms with Crippen molar-refractivity contribution in [1.82, 2.24) is 9.78 Å². The van der Waals surface area contributed by atoms with Crippen LogP contribution in [-0.4, -0.2) is 21.0 Å². The van der Waals surface area contributed by atoms with Gasteiger partial charge in [-0.05, 0) is 59.5 Å². The topological polar surface area (TPSA) is 64.3 Å². The van der Waals surface area contributed by atoms with Gasteiger partial charge in [-0.1, -0.05) is 23.2 Å². The Morgan fingerprint density at radius 1 is 1.31 bits per heavy atom. The number of fused-ring (bicyclic) bond motifs is 3. The van der Waals surface area contributed by atoms with Crippen LogP contribution in [-0.2, 0) is 12.8 Å². The molecule has 0 saturated carbocycles. The highest BCUT2D eigenvalue weighted by atomic mass is 79.9. The van der Waals surface area contributed by atoms with Crippen LogP contribution in [0.3, 0.4) is 0 Å². The number of rotatable bonds is 2. The molecule has 5 nitrogen and oxygen atoms in total. The van der Waals surface area contributed by atoms with E-state index in [9.17, 15) is 4.79 Å². The minimum atomic E-state index is -1.39. The third kappa shape index (κ3) is 3.13.